The second-order valence-corrected chi connectivity index (χ2v) is 9.04. The third kappa shape index (κ3) is 3.42. The molecule has 0 spiro atoms. The molecule has 0 aliphatic carbocycles. The van der Waals surface area contributed by atoms with Crippen LogP contribution >= 0.6 is 11.3 Å². The van der Waals surface area contributed by atoms with Gasteiger partial charge in [-0.3, -0.25) is 4.79 Å². The van der Waals surface area contributed by atoms with Gasteiger partial charge in [0.15, 0.2) is 5.65 Å². The van der Waals surface area contributed by atoms with Crippen molar-refractivity contribution in [2.75, 3.05) is 19.6 Å². The number of amides is 1. The maximum Gasteiger partial charge on any atom is 0.281 e. The molecule has 2 aliphatic rings. The molecule has 31 heavy (non-hydrogen) atoms. The first kappa shape index (κ1) is 18.4. The molecule has 1 saturated heterocycles. The van der Waals surface area contributed by atoms with E-state index in [9.17, 15) is 4.79 Å². The summed E-state index contributed by atoms with van der Waals surface area (Å²) in [5.74, 6) is 2.20. The largest absolute Gasteiger partial charge is 0.459 e. The Kier molecular flexibility index (Phi) is 4.21. The molecule has 1 amide bonds. The van der Waals surface area contributed by atoms with E-state index in [1.807, 2.05) is 35.2 Å². The van der Waals surface area contributed by atoms with Crippen molar-refractivity contribution in [1.29, 1.82) is 0 Å². The number of carbonyl (C=O) groups is 1. The van der Waals surface area contributed by atoms with Gasteiger partial charge in [0.25, 0.3) is 5.19 Å². The minimum atomic E-state index is 0.152. The Morgan fingerprint density at radius 3 is 3.06 bits per heavy atom. The van der Waals surface area contributed by atoms with Gasteiger partial charge in [0.2, 0.25) is 5.91 Å². The predicted molar refractivity (Wildman–Crippen MR) is 118 cm³/mol. The van der Waals surface area contributed by atoms with E-state index in [2.05, 4.69) is 27.1 Å². The number of hydrogen-bond acceptors (Lipinski definition) is 7. The van der Waals surface area contributed by atoms with Crippen molar-refractivity contribution in [2.45, 2.75) is 13.5 Å². The van der Waals surface area contributed by atoms with Crippen LogP contribution in [0.3, 0.4) is 0 Å². The molecule has 4 aromatic rings. The summed E-state index contributed by atoms with van der Waals surface area (Å²) >= 11 is 1.47. The molecule has 1 atom stereocenters. The molecule has 1 aromatic carbocycles. The lowest BCUT2D eigenvalue weighted by molar-refractivity contribution is -0.127. The Morgan fingerprint density at radius 2 is 2.23 bits per heavy atom. The molecule has 0 saturated carbocycles. The smallest absolute Gasteiger partial charge is 0.281 e. The molecule has 3 aromatic heterocycles. The average Bonchev–Trinajstić information content (AvgIpc) is 3.48. The van der Waals surface area contributed by atoms with Gasteiger partial charge in [-0.25, -0.2) is 4.98 Å². The molecule has 1 fully saturated rings. The van der Waals surface area contributed by atoms with Gasteiger partial charge >= 0.3 is 0 Å². The van der Waals surface area contributed by atoms with E-state index in [1.165, 1.54) is 16.9 Å². The van der Waals surface area contributed by atoms with E-state index in [-0.39, 0.29) is 5.91 Å². The van der Waals surface area contributed by atoms with E-state index < -0.39 is 0 Å². The Morgan fingerprint density at radius 1 is 1.29 bits per heavy atom. The zero-order valence-corrected chi connectivity index (χ0v) is 17.8. The third-order valence-electron chi connectivity index (χ3n) is 5.84. The van der Waals surface area contributed by atoms with Crippen LogP contribution in [0.25, 0.3) is 21.3 Å². The Hall–Kier alpha value is -3.39. The van der Waals surface area contributed by atoms with Gasteiger partial charge in [-0.05, 0) is 35.9 Å². The maximum atomic E-state index is 11.6. The first-order chi connectivity index (χ1) is 15.1. The normalized spacial score (nSPS) is 18.1. The Labute approximate surface area is 182 Å². The molecular formula is C23H20N4O3S. The summed E-state index contributed by atoms with van der Waals surface area (Å²) in [6.07, 6.45) is 3.92. The van der Waals surface area contributed by atoms with Gasteiger partial charge in [-0.2, -0.15) is 4.98 Å². The zero-order chi connectivity index (χ0) is 20.9. The number of benzene rings is 1. The molecular weight excluding hydrogens is 412 g/mol. The van der Waals surface area contributed by atoms with Gasteiger partial charge in [-0.15, -0.1) is 0 Å². The van der Waals surface area contributed by atoms with Crippen LogP contribution in [0, 0.1) is 5.92 Å². The van der Waals surface area contributed by atoms with Crippen LogP contribution in [-0.2, 0) is 11.3 Å². The summed E-state index contributed by atoms with van der Waals surface area (Å²) in [7, 11) is 0. The van der Waals surface area contributed by atoms with Crippen LogP contribution in [0.4, 0.5) is 0 Å². The predicted octanol–water partition coefficient (Wildman–Crippen LogP) is 4.41. The van der Waals surface area contributed by atoms with Crippen LogP contribution in [-0.4, -0.2) is 45.3 Å². The fraction of sp³-hybridized carbons (Fsp3) is 0.261. The quantitative estimate of drug-likeness (QED) is 0.476. The second kappa shape index (κ2) is 7.09. The second-order valence-electron chi connectivity index (χ2n) is 8.05. The highest BCUT2D eigenvalue weighted by atomic mass is 32.1. The molecule has 8 heteroatoms. The van der Waals surface area contributed by atoms with E-state index in [0.29, 0.717) is 29.1 Å². The topological polar surface area (TPSA) is 71.7 Å². The number of pyridine rings is 1. The molecule has 0 bridgehead atoms. The highest BCUT2D eigenvalue weighted by molar-refractivity contribution is 7.20. The maximum absolute atomic E-state index is 11.6. The summed E-state index contributed by atoms with van der Waals surface area (Å²) in [4.78, 5) is 24.5. The minimum absolute atomic E-state index is 0.152. The standard InChI is InChI=1S/C23H20N4O3S/c1-14(28)27-11-16-9-26(10-17(16)12-27)13-19-7-15-4-5-18(8-20(15)29-19)30-23-25-22-21(31-23)3-2-6-24-22/h2-9,17H,10-13H2,1H3. The first-order valence-corrected chi connectivity index (χ1v) is 11.0. The van der Waals surface area contributed by atoms with Crippen molar-refractivity contribution in [1.82, 2.24) is 19.8 Å². The van der Waals surface area contributed by atoms with Crippen LogP contribution in [0.15, 0.2) is 58.8 Å². The number of ether oxygens (including phenoxy) is 1. The molecule has 5 heterocycles. The van der Waals surface area contributed by atoms with Crippen LogP contribution in [0.1, 0.15) is 12.7 Å². The summed E-state index contributed by atoms with van der Waals surface area (Å²) in [5.41, 5.74) is 2.83. The number of aromatic nitrogens is 2. The zero-order valence-electron chi connectivity index (χ0n) is 16.9. The van der Waals surface area contributed by atoms with Crippen molar-refractivity contribution in [3.63, 3.8) is 0 Å². The van der Waals surface area contributed by atoms with Crippen molar-refractivity contribution >= 4 is 38.6 Å². The molecule has 156 valence electrons. The lowest BCUT2D eigenvalue weighted by atomic mass is 10.1. The lowest BCUT2D eigenvalue weighted by Crippen LogP contribution is -2.29. The van der Waals surface area contributed by atoms with Crippen molar-refractivity contribution in [3.8, 4) is 10.9 Å². The van der Waals surface area contributed by atoms with Gasteiger partial charge in [0.1, 0.15) is 17.1 Å². The highest BCUT2D eigenvalue weighted by Crippen LogP contribution is 2.34. The lowest BCUT2D eigenvalue weighted by Gasteiger charge is -2.19. The molecule has 0 N–H and O–H groups in total. The van der Waals surface area contributed by atoms with Crippen LogP contribution < -0.4 is 4.74 Å². The van der Waals surface area contributed by atoms with Crippen molar-refractivity contribution < 1.29 is 13.9 Å². The first-order valence-electron chi connectivity index (χ1n) is 10.2. The van der Waals surface area contributed by atoms with E-state index in [0.717, 1.165) is 41.1 Å². The fourth-order valence-corrected chi connectivity index (χ4v) is 5.13. The number of rotatable bonds is 4. The summed E-state index contributed by atoms with van der Waals surface area (Å²) in [6, 6.07) is 11.8. The van der Waals surface area contributed by atoms with Crippen molar-refractivity contribution in [3.05, 3.63) is 60.1 Å². The monoisotopic (exact) mass is 432 g/mol. The number of nitrogens with zero attached hydrogens (tertiary/aromatic N) is 4. The summed E-state index contributed by atoms with van der Waals surface area (Å²) in [6.45, 7) is 4.85. The summed E-state index contributed by atoms with van der Waals surface area (Å²) in [5, 5.41) is 1.61. The summed E-state index contributed by atoms with van der Waals surface area (Å²) < 4.78 is 13.0. The third-order valence-corrected chi connectivity index (χ3v) is 6.73. The number of furan rings is 1. The molecule has 2 aliphatic heterocycles. The number of likely N-dealkylation sites (tertiary alicyclic amines) is 1. The van der Waals surface area contributed by atoms with Gasteiger partial charge < -0.3 is 19.0 Å². The number of thiazole rings is 1. The highest BCUT2D eigenvalue weighted by Gasteiger charge is 2.34. The van der Waals surface area contributed by atoms with E-state index >= 15 is 0 Å². The molecule has 0 radical (unpaired) electrons. The Bertz CT molecular complexity index is 1310. The molecule has 6 rings (SSSR count). The van der Waals surface area contributed by atoms with E-state index in [1.54, 1.807) is 13.1 Å². The minimum Gasteiger partial charge on any atom is -0.459 e. The fourth-order valence-electron chi connectivity index (χ4n) is 4.34. The average molecular weight is 433 g/mol. The number of hydrogen-bond donors (Lipinski definition) is 0. The molecule has 1 unspecified atom stereocenters. The van der Waals surface area contributed by atoms with Crippen LogP contribution in [0.5, 0.6) is 10.9 Å². The number of carbonyl (C=O) groups excluding carboxylic acids is 1. The van der Waals surface area contributed by atoms with Gasteiger partial charge in [0, 0.05) is 56.3 Å². The van der Waals surface area contributed by atoms with Crippen molar-refractivity contribution in [2.24, 2.45) is 5.92 Å². The molecule has 7 nitrogen and oxygen atoms in total. The van der Waals surface area contributed by atoms with Gasteiger partial charge in [0.05, 0.1) is 11.2 Å². The van der Waals surface area contributed by atoms with Gasteiger partial charge in [-0.1, -0.05) is 11.3 Å². The Balaban J connectivity index is 1.17. The SMILES string of the molecule is CC(=O)N1CC2=CN(Cc3cc4ccc(Oc5nc6ncccc6s5)cc4o3)CC2C1. The number of fused-ring (bicyclic) bond motifs is 3. The van der Waals surface area contributed by atoms with E-state index in [4.69, 9.17) is 9.15 Å². The van der Waals surface area contributed by atoms with Crippen LogP contribution in [0.2, 0.25) is 0 Å².